The van der Waals surface area contributed by atoms with Crippen LogP contribution in [-0.4, -0.2) is 35.1 Å². The third-order valence-corrected chi connectivity index (χ3v) is 5.72. The second-order valence-corrected chi connectivity index (χ2v) is 8.45. The maximum Gasteiger partial charge on any atom is 0.230 e. The molecule has 0 unspecified atom stereocenters. The molecule has 0 spiro atoms. The van der Waals surface area contributed by atoms with Crippen LogP contribution in [0.5, 0.6) is 0 Å². The molecule has 26 heavy (non-hydrogen) atoms. The molecule has 1 aliphatic rings. The average molecular weight is 370 g/mol. The second-order valence-electron chi connectivity index (χ2n) is 6.47. The molecule has 1 amide bonds. The first-order valence-electron chi connectivity index (χ1n) is 8.19. The van der Waals surface area contributed by atoms with Gasteiger partial charge in [-0.05, 0) is 16.3 Å². The molecule has 134 valence electrons. The first-order chi connectivity index (χ1) is 12.4. The van der Waals surface area contributed by atoms with Crippen molar-refractivity contribution in [3.8, 4) is 0 Å². The van der Waals surface area contributed by atoms with Crippen LogP contribution in [-0.2, 0) is 34.3 Å². The number of hydrogen-bond acceptors (Lipinski definition) is 4. The van der Waals surface area contributed by atoms with Crippen LogP contribution in [0.15, 0.2) is 42.5 Å². The maximum absolute atomic E-state index is 12.4. The quantitative estimate of drug-likeness (QED) is 0.734. The summed E-state index contributed by atoms with van der Waals surface area (Å²) < 4.78 is 24.7. The summed E-state index contributed by atoms with van der Waals surface area (Å²) in [5, 5.41) is 11.9. The van der Waals surface area contributed by atoms with Crippen LogP contribution in [0.4, 0.5) is 5.82 Å². The number of aromatic amines is 1. The molecule has 2 heterocycles. The number of fused-ring (bicyclic) bond motifs is 2. The van der Waals surface area contributed by atoms with Crippen molar-refractivity contribution in [1.29, 1.82) is 0 Å². The summed E-state index contributed by atoms with van der Waals surface area (Å²) in [6.45, 7) is 0.470. The highest BCUT2D eigenvalue weighted by atomic mass is 32.2. The Kier molecular flexibility index (Phi) is 4.01. The van der Waals surface area contributed by atoms with E-state index in [1.807, 2.05) is 42.5 Å². The van der Waals surface area contributed by atoms with E-state index in [0.717, 1.165) is 27.6 Å². The van der Waals surface area contributed by atoms with Gasteiger partial charge in [-0.25, -0.2) is 8.42 Å². The molecule has 1 aliphatic heterocycles. The standard InChI is InChI=1S/C18H18N4O3S/c1-26(24,25)22-10-15-16(11-22)20-21-18(15)19-17(23)9-12-6-7-13-4-2-3-5-14(13)8-12/h2-8H,9-11H2,1H3,(H2,19,20,21,23). The number of amides is 1. The van der Waals surface area contributed by atoms with Crippen LogP contribution in [0.25, 0.3) is 10.8 Å². The summed E-state index contributed by atoms with van der Waals surface area (Å²) >= 11 is 0. The Morgan fingerprint density at radius 2 is 1.96 bits per heavy atom. The van der Waals surface area contributed by atoms with Crippen molar-refractivity contribution < 1.29 is 13.2 Å². The summed E-state index contributed by atoms with van der Waals surface area (Å²) in [5.41, 5.74) is 2.35. The van der Waals surface area contributed by atoms with Crippen molar-refractivity contribution >= 4 is 32.5 Å². The fraction of sp³-hybridized carbons (Fsp3) is 0.222. The smallest absolute Gasteiger partial charge is 0.230 e. The Morgan fingerprint density at radius 3 is 2.73 bits per heavy atom. The van der Waals surface area contributed by atoms with Gasteiger partial charge in [-0.2, -0.15) is 9.40 Å². The fourth-order valence-electron chi connectivity index (χ4n) is 3.16. The Bertz CT molecular complexity index is 1100. The molecule has 1 aromatic heterocycles. The first-order valence-corrected chi connectivity index (χ1v) is 10.0. The summed E-state index contributed by atoms with van der Waals surface area (Å²) in [6, 6.07) is 13.9. The highest BCUT2D eigenvalue weighted by Crippen LogP contribution is 2.28. The van der Waals surface area contributed by atoms with Crippen molar-refractivity contribution in [3.63, 3.8) is 0 Å². The predicted molar refractivity (Wildman–Crippen MR) is 99.0 cm³/mol. The lowest BCUT2D eigenvalue weighted by Crippen LogP contribution is -2.24. The number of sulfonamides is 1. The zero-order valence-corrected chi connectivity index (χ0v) is 15.0. The zero-order chi connectivity index (χ0) is 18.3. The molecular formula is C18H18N4O3S. The van der Waals surface area contributed by atoms with Crippen molar-refractivity contribution in [3.05, 3.63) is 59.3 Å². The molecular weight excluding hydrogens is 352 g/mol. The van der Waals surface area contributed by atoms with Crippen LogP contribution in [0.3, 0.4) is 0 Å². The number of H-pyrrole nitrogens is 1. The van der Waals surface area contributed by atoms with E-state index >= 15 is 0 Å². The van der Waals surface area contributed by atoms with E-state index in [9.17, 15) is 13.2 Å². The van der Waals surface area contributed by atoms with Gasteiger partial charge in [0, 0.05) is 12.1 Å². The Balaban J connectivity index is 1.48. The van der Waals surface area contributed by atoms with Gasteiger partial charge in [-0.15, -0.1) is 0 Å². The summed E-state index contributed by atoms with van der Waals surface area (Å²) in [7, 11) is -3.28. The normalized spacial score (nSPS) is 14.5. The van der Waals surface area contributed by atoms with E-state index in [0.29, 0.717) is 5.82 Å². The Labute approximate surface area is 151 Å². The molecule has 0 atom stereocenters. The molecule has 2 N–H and O–H groups in total. The van der Waals surface area contributed by atoms with Crippen LogP contribution >= 0.6 is 0 Å². The minimum Gasteiger partial charge on any atom is -0.309 e. The minimum absolute atomic E-state index is 0.188. The number of nitrogens with zero attached hydrogens (tertiary/aromatic N) is 2. The predicted octanol–water partition coefficient (Wildman–Crippen LogP) is 2.02. The number of benzene rings is 2. The lowest BCUT2D eigenvalue weighted by atomic mass is 10.0. The molecule has 8 heteroatoms. The summed E-state index contributed by atoms with van der Waals surface area (Å²) in [4.78, 5) is 12.4. The van der Waals surface area contributed by atoms with Gasteiger partial charge in [-0.1, -0.05) is 42.5 Å². The van der Waals surface area contributed by atoms with Gasteiger partial charge in [0.25, 0.3) is 0 Å². The molecule has 0 radical (unpaired) electrons. The molecule has 0 fully saturated rings. The number of aromatic nitrogens is 2. The van der Waals surface area contributed by atoms with E-state index in [4.69, 9.17) is 0 Å². The fourth-order valence-corrected chi connectivity index (χ4v) is 3.89. The lowest BCUT2D eigenvalue weighted by Gasteiger charge is -2.11. The first kappa shape index (κ1) is 16.7. The SMILES string of the molecule is CS(=O)(=O)N1Cc2[nH]nc(NC(=O)Cc3ccc4ccccc4c3)c2C1. The monoisotopic (exact) mass is 370 g/mol. The Hall–Kier alpha value is -2.71. The molecule has 0 saturated carbocycles. The number of anilines is 1. The van der Waals surface area contributed by atoms with Gasteiger partial charge in [0.15, 0.2) is 5.82 Å². The van der Waals surface area contributed by atoms with Crippen LogP contribution in [0, 0.1) is 0 Å². The van der Waals surface area contributed by atoms with Gasteiger partial charge in [0.05, 0.1) is 24.9 Å². The average Bonchev–Trinajstić information content (AvgIpc) is 3.17. The van der Waals surface area contributed by atoms with Crippen LogP contribution < -0.4 is 5.32 Å². The van der Waals surface area contributed by atoms with E-state index in [-0.39, 0.29) is 25.4 Å². The van der Waals surface area contributed by atoms with Gasteiger partial charge in [-0.3, -0.25) is 9.89 Å². The highest BCUT2D eigenvalue weighted by molar-refractivity contribution is 7.88. The molecule has 7 nitrogen and oxygen atoms in total. The Morgan fingerprint density at radius 1 is 1.19 bits per heavy atom. The van der Waals surface area contributed by atoms with E-state index in [1.165, 1.54) is 10.6 Å². The molecule has 0 saturated heterocycles. The third kappa shape index (κ3) is 3.21. The number of carbonyl (C=O) groups excluding carboxylic acids is 1. The van der Waals surface area contributed by atoms with E-state index in [1.54, 1.807) is 0 Å². The number of rotatable bonds is 4. The van der Waals surface area contributed by atoms with Gasteiger partial charge in [0.2, 0.25) is 15.9 Å². The summed E-state index contributed by atoms with van der Waals surface area (Å²) in [6.07, 6.45) is 1.40. The zero-order valence-electron chi connectivity index (χ0n) is 14.2. The van der Waals surface area contributed by atoms with Crippen LogP contribution in [0.1, 0.15) is 16.8 Å². The lowest BCUT2D eigenvalue weighted by molar-refractivity contribution is -0.115. The van der Waals surface area contributed by atoms with Gasteiger partial charge >= 0.3 is 0 Å². The molecule has 0 aliphatic carbocycles. The largest absolute Gasteiger partial charge is 0.309 e. The molecule has 3 aromatic rings. The highest BCUT2D eigenvalue weighted by Gasteiger charge is 2.30. The molecule has 0 bridgehead atoms. The van der Waals surface area contributed by atoms with Gasteiger partial charge < -0.3 is 5.32 Å². The van der Waals surface area contributed by atoms with E-state index < -0.39 is 10.0 Å². The topological polar surface area (TPSA) is 95.2 Å². The number of hydrogen-bond donors (Lipinski definition) is 2. The second kappa shape index (κ2) is 6.22. The summed E-state index contributed by atoms with van der Waals surface area (Å²) in [5.74, 6) is 0.212. The molecule has 2 aromatic carbocycles. The molecule has 4 rings (SSSR count). The maximum atomic E-state index is 12.4. The van der Waals surface area contributed by atoms with Crippen LogP contribution in [0.2, 0.25) is 0 Å². The van der Waals surface area contributed by atoms with Crippen molar-refractivity contribution in [1.82, 2.24) is 14.5 Å². The van der Waals surface area contributed by atoms with Crippen molar-refractivity contribution in [2.45, 2.75) is 19.5 Å². The van der Waals surface area contributed by atoms with Crippen molar-refractivity contribution in [2.24, 2.45) is 0 Å². The van der Waals surface area contributed by atoms with E-state index in [2.05, 4.69) is 15.5 Å². The van der Waals surface area contributed by atoms with Crippen molar-refractivity contribution in [2.75, 3.05) is 11.6 Å². The van der Waals surface area contributed by atoms with Gasteiger partial charge in [0.1, 0.15) is 0 Å². The third-order valence-electron chi connectivity index (χ3n) is 4.53. The minimum atomic E-state index is -3.28. The number of nitrogens with one attached hydrogen (secondary N) is 2. The number of carbonyl (C=O) groups is 1.